The number of aromatic nitrogens is 3. The number of halogens is 1. The standard InChI is InChI=1S/C17H22FN5O/c1-11-6-7-13-14(4-3-5-15(13)18)16(11)22-17(24)21-12(2)8-23-10-19-9-20-23/h3-5,9-12,16H,6-8H2,1-2H3,(H2,21,22,24). The molecule has 0 saturated carbocycles. The Morgan fingerprint density at radius 1 is 1.50 bits per heavy atom. The highest BCUT2D eigenvalue weighted by molar-refractivity contribution is 5.75. The molecule has 1 heterocycles. The molecule has 3 unspecified atom stereocenters. The first-order valence-corrected chi connectivity index (χ1v) is 8.21. The van der Waals surface area contributed by atoms with Gasteiger partial charge in [0.25, 0.3) is 0 Å². The number of carbonyl (C=O) groups excluding carboxylic acids is 1. The molecule has 1 aliphatic carbocycles. The Hall–Kier alpha value is -2.44. The van der Waals surface area contributed by atoms with E-state index in [-0.39, 0.29) is 29.8 Å². The molecule has 3 atom stereocenters. The zero-order chi connectivity index (χ0) is 17.1. The van der Waals surface area contributed by atoms with Crippen molar-refractivity contribution in [2.75, 3.05) is 0 Å². The lowest BCUT2D eigenvalue weighted by Gasteiger charge is -2.32. The van der Waals surface area contributed by atoms with Crippen molar-refractivity contribution >= 4 is 6.03 Å². The quantitative estimate of drug-likeness (QED) is 0.904. The van der Waals surface area contributed by atoms with E-state index in [4.69, 9.17) is 0 Å². The van der Waals surface area contributed by atoms with Gasteiger partial charge in [0.2, 0.25) is 0 Å². The first-order valence-electron chi connectivity index (χ1n) is 8.21. The number of rotatable bonds is 4. The predicted molar refractivity (Wildman–Crippen MR) is 87.8 cm³/mol. The van der Waals surface area contributed by atoms with Gasteiger partial charge in [0.1, 0.15) is 18.5 Å². The summed E-state index contributed by atoms with van der Waals surface area (Å²) in [6.45, 7) is 4.52. The molecule has 1 aromatic heterocycles. The first-order chi connectivity index (χ1) is 11.5. The molecule has 0 aliphatic heterocycles. The summed E-state index contributed by atoms with van der Waals surface area (Å²) in [5.74, 6) is 0.0711. The van der Waals surface area contributed by atoms with Crippen molar-refractivity contribution in [2.45, 2.75) is 45.3 Å². The van der Waals surface area contributed by atoms with Crippen LogP contribution in [-0.4, -0.2) is 26.8 Å². The number of amides is 2. The third kappa shape index (κ3) is 3.55. The lowest BCUT2D eigenvalue weighted by atomic mass is 9.80. The van der Waals surface area contributed by atoms with E-state index in [0.29, 0.717) is 13.0 Å². The van der Waals surface area contributed by atoms with Crippen LogP contribution in [0.5, 0.6) is 0 Å². The van der Waals surface area contributed by atoms with Gasteiger partial charge in [0.15, 0.2) is 0 Å². The van der Waals surface area contributed by atoms with Gasteiger partial charge in [0.05, 0.1) is 12.6 Å². The monoisotopic (exact) mass is 331 g/mol. The maximum atomic E-state index is 14.0. The molecule has 2 aromatic rings. The average molecular weight is 331 g/mol. The molecule has 1 aromatic carbocycles. The fourth-order valence-corrected chi connectivity index (χ4v) is 3.26. The zero-order valence-corrected chi connectivity index (χ0v) is 13.9. The van der Waals surface area contributed by atoms with Crippen LogP contribution in [0.4, 0.5) is 9.18 Å². The highest BCUT2D eigenvalue weighted by Crippen LogP contribution is 2.35. The van der Waals surface area contributed by atoms with E-state index >= 15 is 0 Å². The summed E-state index contributed by atoms with van der Waals surface area (Å²) in [4.78, 5) is 16.2. The number of urea groups is 1. The molecule has 3 rings (SSSR count). The van der Waals surface area contributed by atoms with Crippen LogP contribution in [0.25, 0.3) is 0 Å². The van der Waals surface area contributed by atoms with E-state index in [1.807, 2.05) is 13.0 Å². The fourth-order valence-electron chi connectivity index (χ4n) is 3.26. The Kier molecular flexibility index (Phi) is 4.78. The second kappa shape index (κ2) is 6.98. The topological polar surface area (TPSA) is 71.8 Å². The Labute approximate surface area is 140 Å². The van der Waals surface area contributed by atoms with Gasteiger partial charge in [-0.25, -0.2) is 14.2 Å². The Balaban J connectivity index is 1.65. The SMILES string of the molecule is CC(Cn1cncn1)NC(=O)NC1c2cccc(F)c2CCC1C. The molecule has 0 fully saturated rings. The van der Waals surface area contributed by atoms with E-state index in [2.05, 4.69) is 27.6 Å². The van der Waals surface area contributed by atoms with E-state index in [0.717, 1.165) is 17.5 Å². The second-order valence-electron chi connectivity index (χ2n) is 6.44. The van der Waals surface area contributed by atoms with Gasteiger partial charge in [-0.3, -0.25) is 4.68 Å². The summed E-state index contributed by atoms with van der Waals surface area (Å²) in [7, 11) is 0. The number of benzene rings is 1. The van der Waals surface area contributed by atoms with Crippen molar-refractivity contribution in [3.05, 3.63) is 47.8 Å². The van der Waals surface area contributed by atoms with Crippen LogP contribution in [0.1, 0.15) is 37.4 Å². The third-order valence-corrected chi connectivity index (χ3v) is 4.50. The van der Waals surface area contributed by atoms with Crippen LogP contribution in [0.3, 0.4) is 0 Å². The van der Waals surface area contributed by atoms with Crippen molar-refractivity contribution in [3.8, 4) is 0 Å². The molecule has 2 amide bonds. The van der Waals surface area contributed by atoms with Crippen LogP contribution in [0.15, 0.2) is 30.9 Å². The van der Waals surface area contributed by atoms with Crippen molar-refractivity contribution in [3.63, 3.8) is 0 Å². The molecule has 2 N–H and O–H groups in total. The highest BCUT2D eigenvalue weighted by Gasteiger charge is 2.29. The normalized spacial score (nSPS) is 21.0. The van der Waals surface area contributed by atoms with Crippen LogP contribution >= 0.6 is 0 Å². The Morgan fingerprint density at radius 3 is 3.08 bits per heavy atom. The number of fused-ring (bicyclic) bond motifs is 1. The summed E-state index contributed by atoms with van der Waals surface area (Å²) in [5.41, 5.74) is 1.60. The zero-order valence-electron chi connectivity index (χ0n) is 13.9. The number of nitrogens with zero attached hydrogens (tertiary/aromatic N) is 3. The minimum Gasteiger partial charge on any atom is -0.334 e. The van der Waals surface area contributed by atoms with Crippen molar-refractivity contribution in [2.24, 2.45) is 5.92 Å². The molecule has 7 heteroatoms. The van der Waals surface area contributed by atoms with Gasteiger partial charge in [-0.2, -0.15) is 5.10 Å². The minimum absolute atomic E-state index is 0.0995. The molecule has 0 saturated heterocycles. The molecule has 128 valence electrons. The molecule has 0 spiro atoms. The van der Waals surface area contributed by atoms with Gasteiger partial charge < -0.3 is 10.6 Å². The average Bonchev–Trinajstić information content (AvgIpc) is 3.03. The number of nitrogens with one attached hydrogen (secondary N) is 2. The van der Waals surface area contributed by atoms with Crippen molar-refractivity contribution in [1.82, 2.24) is 25.4 Å². The van der Waals surface area contributed by atoms with E-state index < -0.39 is 0 Å². The molecular formula is C17H22FN5O. The Morgan fingerprint density at radius 2 is 2.33 bits per heavy atom. The van der Waals surface area contributed by atoms with Crippen molar-refractivity contribution < 1.29 is 9.18 Å². The van der Waals surface area contributed by atoms with Crippen LogP contribution in [0, 0.1) is 11.7 Å². The molecular weight excluding hydrogens is 309 g/mol. The van der Waals surface area contributed by atoms with Gasteiger partial charge >= 0.3 is 6.03 Å². The lowest BCUT2D eigenvalue weighted by Crippen LogP contribution is -2.46. The molecule has 0 radical (unpaired) electrons. The molecule has 0 bridgehead atoms. The van der Waals surface area contributed by atoms with E-state index in [1.165, 1.54) is 12.4 Å². The molecule has 6 nitrogen and oxygen atoms in total. The Bertz CT molecular complexity index is 703. The minimum atomic E-state index is -0.253. The number of hydrogen-bond donors (Lipinski definition) is 2. The maximum Gasteiger partial charge on any atom is 0.315 e. The summed E-state index contributed by atoms with van der Waals surface area (Å²) in [6.07, 6.45) is 4.64. The van der Waals surface area contributed by atoms with Crippen LogP contribution < -0.4 is 10.6 Å². The van der Waals surface area contributed by atoms with Gasteiger partial charge in [-0.05, 0) is 42.9 Å². The van der Waals surface area contributed by atoms with Gasteiger partial charge in [-0.1, -0.05) is 19.1 Å². The lowest BCUT2D eigenvalue weighted by molar-refractivity contribution is 0.224. The number of hydrogen-bond acceptors (Lipinski definition) is 3. The summed E-state index contributed by atoms with van der Waals surface area (Å²) < 4.78 is 15.7. The largest absolute Gasteiger partial charge is 0.334 e. The maximum absolute atomic E-state index is 14.0. The summed E-state index contributed by atoms with van der Waals surface area (Å²) in [6, 6.07) is 4.55. The third-order valence-electron chi connectivity index (χ3n) is 4.50. The van der Waals surface area contributed by atoms with Crippen molar-refractivity contribution in [1.29, 1.82) is 0 Å². The van der Waals surface area contributed by atoms with Gasteiger partial charge in [0, 0.05) is 6.04 Å². The van der Waals surface area contributed by atoms with Gasteiger partial charge in [-0.15, -0.1) is 0 Å². The van der Waals surface area contributed by atoms with Crippen LogP contribution in [0.2, 0.25) is 0 Å². The first kappa shape index (κ1) is 16.4. The van der Waals surface area contributed by atoms with E-state index in [9.17, 15) is 9.18 Å². The predicted octanol–water partition coefficient (Wildman–Crippen LogP) is 2.43. The molecule has 24 heavy (non-hydrogen) atoms. The van der Waals surface area contributed by atoms with Crippen LogP contribution in [-0.2, 0) is 13.0 Å². The summed E-state index contributed by atoms with van der Waals surface area (Å²) >= 11 is 0. The second-order valence-corrected chi connectivity index (χ2v) is 6.44. The van der Waals surface area contributed by atoms with E-state index in [1.54, 1.807) is 17.1 Å². The summed E-state index contributed by atoms with van der Waals surface area (Å²) in [5, 5.41) is 9.92. The smallest absolute Gasteiger partial charge is 0.315 e. The number of carbonyl (C=O) groups is 1. The fraction of sp³-hybridized carbons (Fsp3) is 0.471. The molecule has 1 aliphatic rings. The highest BCUT2D eigenvalue weighted by atomic mass is 19.1.